The van der Waals surface area contributed by atoms with Gasteiger partial charge in [0.25, 0.3) is 0 Å². The Labute approximate surface area is 105 Å². The predicted octanol–water partition coefficient (Wildman–Crippen LogP) is 1.72. The number of hydrogen-bond donors (Lipinski definition) is 1. The van der Waals surface area contributed by atoms with Gasteiger partial charge in [0.05, 0.1) is 0 Å². The molecule has 1 N–H and O–H groups in total. The molecular formula is C12H15NO5. The SMILES string of the molecule is CCc1c(O)cccc1N(OC(C)=O)OC(C)=O. The molecule has 0 amide bonds. The number of phenolic OH excluding ortho intramolecular Hbond substituents is 1. The van der Waals surface area contributed by atoms with Crippen molar-refractivity contribution in [1.82, 2.24) is 0 Å². The van der Waals surface area contributed by atoms with Crippen molar-refractivity contribution in [2.75, 3.05) is 5.23 Å². The molecule has 0 aliphatic carbocycles. The first-order chi connectivity index (χ1) is 8.45. The number of benzene rings is 1. The molecule has 0 aliphatic rings. The van der Waals surface area contributed by atoms with Gasteiger partial charge in [-0.05, 0) is 23.8 Å². The van der Waals surface area contributed by atoms with Crippen LogP contribution in [-0.2, 0) is 25.7 Å². The summed E-state index contributed by atoms with van der Waals surface area (Å²) in [6, 6.07) is 4.64. The van der Waals surface area contributed by atoms with Gasteiger partial charge in [-0.2, -0.15) is 0 Å². The van der Waals surface area contributed by atoms with E-state index in [0.717, 1.165) is 0 Å². The zero-order chi connectivity index (χ0) is 13.7. The fourth-order valence-electron chi connectivity index (χ4n) is 1.45. The summed E-state index contributed by atoms with van der Waals surface area (Å²) in [5.41, 5.74) is 0.822. The molecule has 0 radical (unpaired) electrons. The molecule has 0 aliphatic heterocycles. The normalized spacial score (nSPS) is 9.72. The largest absolute Gasteiger partial charge is 0.508 e. The average molecular weight is 253 g/mol. The van der Waals surface area contributed by atoms with Gasteiger partial charge in [0.15, 0.2) is 0 Å². The number of carbonyl (C=O) groups is 2. The number of phenols is 1. The summed E-state index contributed by atoms with van der Waals surface area (Å²) in [6.07, 6.45) is 0.487. The Balaban J connectivity index is 3.15. The van der Waals surface area contributed by atoms with Crippen LogP contribution in [0.4, 0.5) is 5.69 Å². The lowest BCUT2D eigenvalue weighted by Crippen LogP contribution is -2.29. The Morgan fingerprint density at radius 3 is 2.22 bits per heavy atom. The van der Waals surface area contributed by atoms with Gasteiger partial charge >= 0.3 is 11.9 Å². The minimum atomic E-state index is -0.637. The maximum atomic E-state index is 11.0. The summed E-state index contributed by atoms with van der Waals surface area (Å²) >= 11 is 0. The predicted molar refractivity (Wildman–Crippen MR) is 63.5 cm³/mol. The van der Waals surface area contributed by atoms with Gasteiger partial charge in [-0.1, -0.05) is 13.0 Å². The van der Waals surface area contributed by atoms with E-state index >= 15 is 0 Å². The van der Waals surface area contributed by atoms with Crippen molar-refractivity contribution in [1.29, 1.82) is 0 Å². The number of hydrogen-bond acceptors (Lipinski definition) is 6. The van der Waals surface area contributed by atoms with Crippen LogP contribution in [0.3, 0.4) is 0 Å². The second-order valence-corrected chi connectivity index (χ2v) is 3.55. The van der Waals surface area contributed by atoms with Crippen molar-refractivity contribution in [3.63, 3.8) is 0 Å². The highest BCUT2D eigenvalue weighted by atomic mass is 17.0. The van der Waals surface area contributed by atoms with Crippen molar-refractivity contribution in [3.8, 4) is 5.75 Å². The average Bonchev–Trinajstić information content (AvgIpc) is 2.26. The minimum absolute atomic E-state index is 0.0410. The van der Waals surface area contributed by atoms with Crippen LogP contribution in [0.1, 0.15) is 26.3 Å². The summed E-state index contributed by atoms with van der Waals surface area (Å²) < 4.78 is 0. The van der Waals surface area contributed by atoms with Gasteiger partial charge in [-0.15, -0.1) is 0 Å². The lowest BCUT2D eigenvalue weighted by Gasteiger charge is -2.22. The molecule has 0 atom stereocenters. The van der Waals surface area contributed by atoms with Crippen molar-refractivity contribution in [3.05, 3.63) is 23.8 Å². The van der Waals surface area contributed by atoms with Crippen LogP contribution < -0.4 is 5.23 Å². The third-order valence-electron chi connectivity index (χ3n) is 2.10. The standard InChI is InChI=1S/C12H15NO5/c1-4-10-11(6-5-7-12(10)16)13(17-8(2)14)18-9(3)15/h5-7,16H,4H2,1-3H3. The van der Waals surface area contributed by atoms with Crippen LogP contribution in [0.2, 0.25) is 0 Å². The summed E-state index contributed by atoms with van der Waals surface area (Å²) in [5.74, 6) is -1.23. The number of aromatic hydroxyl groups is 1. The Bertz CT molecular complexity index is 442. The summed E-state index contributed by atoms with van der Waals surface area (Å²) in [6.45, 7) is 4.19. The Morgan fingerprint density at radius 2 is 1.78 bits per heavy atom. The topological polar surface area (TPSA) is 76.1 Å². The van der Waals surface area contributed by atoms with Crippen LogP contribution >= 0.6 is 0 Å². The Morgan fingerprint density at radius 1 is 1.22 bits per heavy atom. The zero-order valence-corrected chi connectivity index (χ0v) is 10.5. The van der Waals surface area contributed by atoms with E-state index < -0.39 is 11.9 Å². The summed E-state index contributed by atoms with van der Waals surface area (Å²) in [4.78, 5) is 31.5. The van der Waals surface area contributed by atoms with Crippen LogP contribution in [-0.4, -0.2) is 17.0 Å². The maximum absolute atomic E-state index is 11.0. The first kappa shape index (κ1) is 13.8. The number of nitrogens with zero attached hydrogens (tertiary/aromatic N) is 1. The molecule has 0 bridgehead atoms. The molecule has 18 heavy (non-hydrogen) atoms. The van der Waals surface area contributed by atoms with Crippen LogP contribution in [0.25, 0.3) is 0 Å². The summed E-state index contributed by atoms with van der Waals surface area (Å²) in [5, 5.41) is 10.4. The molecule has 98 valence electrons. The highest BCUT2D eigenvalue weighted by molar-refractivity contribution is 5.71. The first-order valence-corrected chi connectivity index (χ1v) is 5.43. The van der Waals surface area contributed by atoms with Gasteiger partial charge in [0.1, 0.15) is 11.4 Å². The quantitative estimate of drug-likeness (QED) is 0.823. The molecule has 1 rings (SSSR count). The molecule has 0 unspecified atom stereocenters. The van der Waals surface area contributed by atoms with Crippen LogP contribution in [0.5, 0.6) is 5.75 Å². The van der Waals surface area contributed by atoms with Gasteiger partial charge in [0, 0.05) is 19.4 Å². The van der Waals surface area contributed by atoms with Gasteiger partial charge < -0.3 is 14.8 Å². The van der Waals surface area contributed by atoms with Crippen molar-refractivity contribution >= 4 is 17.6 Å². The number of anilines is 1. The van der Waals surface area contributed by atoms with Crippen LogP contribution in [0, 0.1) is 0 Å². The molecule has 6 heteroatoms. The second-order valence-electron chi connectivity index (χ2n) is 3.55. The van der Waals surface area contributed by atoms with E-state index in [2.05, 4.69) is 0 Å². The zero-order valence-electron chi connectivity index (χ0n) is 10.5. The monoisotopic (exact) mass is 253 g/mol. The molecule has 0 spiro atoms. The Kier molecular flexibility index (Phi) is 4.53. The van der Waals surface area contributed by atoms with E-state index in [-0.39, 0.29) is 5.75 Å². The first-order valence-electron chi connectivity index (χ1n) is 5.43. The minimum Gasteiger partial charge on any atom is -0.508 e. The van der Waals surface area contributed by atoms with E-state index in [4.69, 9.17) is 9.68 Å². The van der Waals surface area contributed by atoms with Gasteiger partial charge in [-0.3, -0.25) is 0 Å². The fraction of sp³-hybridized carbons (Fsp3) is 0.333. The third-order valence-corrected chi connectivity index (χ3v) is 2.10. The second kappa shape index (κ2) is 5.90. The smallest absolute Gasteiger partial charge is 0.333 e. The van der Waals surface area contributed by atoms with Crippen molar-refractivity contribution < 1.29 is 24.4 Å². The van der Waals surface area contributed by atoms with Crippen LogP contribution in [0.15, 0.2) is 18.2 Å². The molecule has 6 nitrogen and oxygen atoms in total. The van der Waals surface area contributed by atoms with Gasteiger partial charge in [-0.25, -0.2) is 9.59 Å². The molecule has 1 aromatic carbocycles. The lowest BCUT2D eigenvalue weighted by atomic mass is 10.1. The van der Waals surface area contributed by atoms with E-state index in [1.807, 2.05) is 6.92 Å². The maximum Gasteiger partial charge on any atom is 0.333 e. The fourth-order valence-corrected chi connectivity index (χ4v) is 1.45. The Hall–Kier alpha value is -2.24. The summed E-state index contributed by atoms with van der Waals surface area (Å²) in [7, 11) is 0. The number of rotatable bonds is 4. The molecular weight excluding hydrogens is 238 g/mol. The molecule has 0 fully saturated rings. The third kappa shape index (κ3) is 3.38. The lowest BCUT2D eigenvalue weighted by molar-refractivity contribution is -0.171. The molecule has 0 heterocycles. The highest BCUT2D eigenvalue weighted by Gasteiger charge is 2.19. The molecule has 0 saturated carbocycles. The van der Waals surface area contributed by atoms with E-state index in [0.29, 0.717) is 22.9 Å². The highest BCUT2D eigenvalue weighted by Crippen LogP contribution is 2.29. The molecule has 0 aromatic heterocycles. The van der Waals surface area contributed by atoms with Gasteiger partial charge in [0.2, 0.25) is 0 Å². The van der Waals surface area contributed by atoms with E-state index in [1.54, 1.807) is 12.1 Å². The van der Waals surface area contributed by atoms with E-state index in [1.165, 1.54) is 19.9 Å². The van der Waals surface area contributed by atoms with Crippen molar-refractivity contribution in [2.45, 2.75) is 27.2 Å². The van der Waals surface area contributed by atoms with Crippen molar-refractivity contribution in [2.24, 2.45) is 0 Å². The molecule has 1 aromatic rings. The number of carbonyl (C=O) groups excluding carboxylic acids is 2. The molecule has 0 saturated heterocycles. The van der Waals surface area contributed by atoms with E-state index in [9.17, 15) is 14.7 Å².